The molecule has 0 saturated carbocycles. The summed E-state index contributed by atoms with van der Waals surface area (Å²) in [7, 11) is 0. The third kappa shape index (κ3) is 2.16. The van der Waals surface area contributed by atoms with Crippen LogP contribution in [0.1, 0.15) is 33.0 Å². The van der Waals surface area contributed by atoms with Crippen LogP contribution in [-0.2, 0) is 0 Å². The minimum Gasteiger partial charge on any atom is -0.294 e. The van der Waals surface area contributed by atoms with Crippen LogP contribution in [0.5, 0.6) is 0 Å². The summed E-state index contributed by atoms with van der Waals surface area (Å²) >= 11 is 0. The van der Waals surface area contributed by atoms with E-state index in [0.717, 1.165) is 17.0 Å². The van der Waals surface area contributed by atoms with Crippen molar-refractivity contribution >= 4 is 6.29 Å². The van der Waals surface area contributed by atoms with Gasteiger partial charge in [0.05, 0.1) is 5.69 Å². The van der Waals surface area contributed by atoms with E-state index in [-0.39, 0.29) is 5.82 Å². The lowest BCUT2D eigenvalue weighted by atomic mass is 9.96. The molecule has 3 nitrogen and oxygen atoms in total. The molecule has 18 heavy (non-hydrogen) atoms. The first-order chi connectivity index (χ1) is 8.52. The van der Waals surface area contributed by atoms with Crippen molar-refractivity contribution in [3.05, 3.63) is 46.4 Å². The lowest BCUT2D eigenvalue weighted by molar-refractivity contribution is 0.111. The molecule has 0 aliphatic heterocycles. The molecule has 0 amide bonds. The minimum absolute atomic E-state index is 0.239. The number of carbonyl (C=O) groups is 1. The van der Waals surface area contributed by atoms with E-state index < -0.39 is 0 Å². The average molecular weight is 240 g/mol. The van der Waals surface area contributed by atoms with Crippen LogP contribution >= 0.6 is 0 Å². The standard InChI is InChI=1S/C15H16N2O/c1-9-5-6-13(12(4)11(9)3)14-7-10(2)16-15(8-18)17-14/h5-8H,1-4H3. The second-order valence-corrected chi connectivity index (χ2v) is 4.55. The van der Waals surface area contributed by atoms with Gasteiger partial charge in [0.15, 0.2) is 12.1 Å². The highest BCUT2D eigenvalue weighted by atomic mass is 16.1. The number of hydrogen-bond acceptors (Lipinski definition) is 3. The summed E-state index contributed by atoms with van der Waals surface area (Å²) in [5.74, 6) is 0.239. The summed E-state index contributed by atoms with van der Waals surface area (Å²) in [5.41, 5.74) is 6.40. The fraction of sp³-hybridized carbons (Fsp3) is 0.267. The van der Waals surface area contributed by atoms with Crippen molar-refractivity contribution in [1.29, 1.82) is 0 Å². The van der Waals surface area contributed by atoms with Crippen LogP contribution in [0.25, 0.3) is 11.3 Å². The summed E-state index contributed by atoms with van der Waals surface area (Å²) < 4.78 is 0. The van der Waals surface area contributed by atoms with Gasteiger partial charge in [0.2, 0.25) is 0 Å². The molecular formula is C15H16N2O. The van der Waals surface area contributed by atoms with E-state index in [1.807, 2.05) is 19.1 Å². The highest BCUT2D eigenvalue weighted by Crippen LogP contribution is 2.26. The smallest absolute Gasteiger partial charge is 0.193 e. The van der Waals surface area contributed by atoms with Crippen LogP contribution in [0, 0.1) is 27.7 Å². The summed E-state index contributed by atoms with van der Waals surface area (Å²) in [5, 5.41) is 0. The highest BCUT2D eigenvalue weighted by molar-refractivity contribution is 5.72. The van der Waals surface area contributed by atoms with Gasteiger partial charge in [-0.2, -0.15) is 0 Å². The number of aldehydes is 1. The van der Waals surface area contributed by atoms with Gasteiger partial charge in [-0.05, 0) is 50.5 Å². The molecule has 0 bridgehead atoms. The molecule has 1 aromatic heterocycles. The van der Waals surface area contributed by atoms with Crippen molar-refractivity contribution in [2.24, 2.45) is 0 Å². The maximum absolute atomic E-state index is 10.8. The predicted molar refractivity (Wildman–Crippen MR) is 71.8 cm³/mol. The van der Waals surface area contributed by atoms with E-state index in [4.69, 9.17) is 0 Å². The van der Waals surface area contributed by atoms with E-state index in [2.05, 4.69) is 36.8 Å². The van der Waals surface area contributed by atoms with E-state index in [0.29, 0.717) is 6.29 Å². The van der Waals surface area contributed by atoms with Crippen LogP contribution in [0.2, 0.25) is 0 Å². The zero-order chi connectivity index (χ0) is 13.3. The van der Waals surface area contributed by atoms with E-state index in [1.54, 1.807) is 0 Å². The van der Waals surface area contributed by atoms with Crippen LogP contribution in [-0.4, -0.2) is 16.3 Å². The molecule has 0 saturated heterocycles. The Morgan fingerprint density at radius 1 is 1.00 bits per heavy atom. The Morgan fingerprint density at radius 3 is 2.39 bits per heavy atom. The number of rotatable bonds is 2. The second kappa shape index (κ2) is 4.69. The van der Waals surface area contributed by atoms with Crippen LogP contribution in [0.4, 0.5) is 0 Å². The molecule has 0 unspecified atom stereocenters. The minimum atomic E-state index is 0.239. The van der Waals surface area contributed by atoms with Crippen molar-refractivity contribution < 1.29 is 4.79 Å². The van der Waals surface area contributed by atoms with Crippen LogP contribution < -0.4 is 0 Å². The third-order valence-corrected chi connectivity index (χ3v) is 3.31. The first kappa shape index (κ1) is 12.4. The lowest BCUT2D eigenvalue weighted by Crippen LogP contribution is -1.99. The fourth-order valence-electron chi connectivity index (χ4n) is 2.02. The Bertz CT molecular complexity index is 618. The van der Waals surface area contributed by atoms with Crippen LogP contribution in [0.3, 0.4) is 0 Å². The van der Waals surface area contributed by atoms with Crippen molar-refractivity contribution in [3.63, 3.8) is 0 Å². The van der Waals surface area contributed by atoms with Crippen LogP contribution in [0.15, 0.2) is 18.2 Å². The maximum atomic E-state index is 10.8. The third-order valence-electron chi connectivity index (χ3n) is 3.31. The molecule has 0 N–H and O–H groups in total. The molecule has 92 valence electrons. The molecular weight excluding hydrogens is 224 g/mol. The van der Waals surface area contributed by atoms with Gasteiger partial charge in [0, 0.05) is 11.3 Å². The van der Waals surface area contributed by atoms with Gasteiger partial charge in [0.1, 0.15) is 0 Å². The molecule has 2 aromatic rings. The Hall–Kier alpha value is -2.03. The van der Waals surface area contributed by atoms with Crippen molar-refractivity contribution in [2.45, 2.75) is 27.7 Å². The summed E-state index contributed by atoms with van der Waals surface area (Å²) in [6.07, 6.45) is 0.687. The molecule has 3 heteroatoms. The Balaban J connectivity index is 2.65. The SMILES string of the molecule is Cc1cc(-c2ccc(C)c(C)c2C)nc(C=O)n1. The van der Waals surface area contributed by atoms with Crippen molar-refractivity contribution in [2.75, 3.05) is 0 Å². The summed E-state index contributed by atoms with van der Waals surface area (Å²) in [6, 6.07) is 6.04. The lowest BCUT2D eigenvalue weighted by Gasteiger charge is -2.11. The Kier molecular flexibility index (Phi) is 3.24. The Morgan fingerprint density at radius 2 is 1.72 bits per heavy atom. The summed E-state index contributed by atoms with van der Waals surface area (Å²) in [4.78, 5) is 19.2. The molecule has 1 heterocycles. The maximum Gasteiger partial charge on any atom is 0.193 e. The second-order valence-electron chi connectivity index (χ2n) is 4.55. The first-order valence-corrected chi connectivity index (χ1v) is 5.91. The number of benzene rings is 1. The number of aryl methyl sites for hydroxylation is 2. The van der Waals surface area contributed by atoms with Crippen molar-refractivity contribution in [1.82, 2.24) is 9.97 Å². The molecule has 0 radical (unpaired) electrons. The number of hydrogen-bond donors (Lipinski definition) is 0. The van der Waals surface area contributed by atoms with Crippen molar-refractivity contribution in [3.8, 4) is 11.3 Å². The molecule has 0 spiro atoms. The fourth-order valence-corrected chi connectivity index (χ4v) is 2.02. The van der Waals surface area contributed by atoms with Gasteiger partial charge < -0.3 is 0 Å². The summed E-state index contributed by atoms with van der Waals surface area (Å²) in [6.45, 7) is 8.14. The Labute approximate surface area is 107 Å². The monoisotopic (exact) mass is 240 g/mol. The normalized spacial score (nSPS) is 10.4. The quantitative estimate of drug-likeness (QED) is 0.757. The van der Waals surface area contributed by atoms with E-state index >= 15 is 0 Å². The predicted octanol–water partition coefficient (Wildman–Crippen LogP) is 3.19. The van der Waals surface area contributed by atoms with Gasteiger partial charge >= 0.3 is 0 Å². The molecule has 0 atom stereocenters. The highest BCUT2D eigenvalue weighted by Gasteiger charge is 2.09. The van der Waals surface area contributed by atoms with Gasteiger partial charge in [-0.25, -0.2) is 9.97 Å². The van der Waals surface area contributed by atoms with Gasteiger partial charge in [-0.15, -0.1) is 0 Å². The topological polar surface area (TPSA) is 42.9 Å². The molecule has 0 aliphatic carbocycles. The molecule has 1 aromatic carbocycles. The number of aromatic nitrogens is 2. The molecule has 2 rings (SSSR count). The molecule has 0 fully saturated rings. The number of nitrogens with zero attached hydrogens (tertiary/aromatic N) is 2. The zero-order valence-corrected chi connectivity index (χ0v) is 11.1. The van der Waals surface area contributed by atoms with E-state index in [1.165, 1.54) is 16.7 Å². The first-order valence-electron chi connectivity index (χ1n) is 5.91. The van der Waals surface area contributed by atoms with Gasteiger partial charge in [0.25, 0.3) is 0 Å². The van der Waals surface area contributed by atoms with Gasteiger partial charge in [-0.1, -0.05) is 12.1 Å². The van der Waals surface area contributed by atoms with E-state index in [9.17, 15) is 4.79 Å². The largest absolute Gasteiger partial charge is 0.294 e. The molecule has 0 aliphatic rings. The van der Waals surface area contributed by atoms with Gasteiger partial charge in [-0.3, -0.25) is 4.79 Å². The number of carbonyl (C=O) groups excluding carboxylic acids is 1. The zero-order valence-electron chi connectivity index (χ0n) is 11.1. The average Bonchev–Trinajstić information content (AvgIpc) is 2.35.